The highest BCUT2D eigenvalue weighted by Crippen LogP contribution is 2.35. The standard InChI is InChI=1S/C17H16ClNO/c18-14-11-9-13(10-12-14)16-7-4-8-17(20)19(16)15-5-2-1-3-6-15/h1-3,5-6,9-12,16H,4,7-8H2. The van der Waals surface area contributed by atoms with Crippen LogP contribution >= 0.6 is 11.6 Å². The molecule has 0 N–H and O–H groups in total. The van der Waals surface area contributed by atoms with Crippen LogP contribution in [0.4, 0.5) is 5.69 Å². The Balaban J connectivity index is 1.98. The van der Waals surface area contributed by atoms with Crippen LogP contribution in [0.2, 0.25) is 5.02 Å². The maximum absolute atomic E-state index is 12.3. The van der Waals surface area contributed by atoms with Crippen molar-refractivity contribution in [2.24, 2.45) is 0 Å². The van der Waals surface area contributed by atoms with Gasteiger partial charge in [-0.3, -0.25) is 4.79 Å². The molecule has 1 atom stereocenters. The number of carbonyl (C=O) groups is 1. The minimum absolute atomic E-state index is 0.107. The number of hydrogen-bond donors (Lipinski definition) is 0. The lowest BCUT2D eigenvalue weighted by Crippen LogP contribution is -2.38. The third-order valence-corrected chi connectivity index (χ3v) is 3.99. The molecule has 102 valence electrons. The molecule has 0 saturated carbocycles. The van der Waals surface area contributed by atoms with Gasteiger partial charge in [0.1, 0.15) is 0 Å². The van der Waals surface area contributed by atoms with Gasteiger partial charge in [0.25, 0.3) is 0 Å². The first kappa shape index (κ1) is 13.2. The first-order valence-corrected chi connectivity index (χ1v) is 7.26. The molecule has 1 aliphatic rings. The molecule has 0 spiro atoms. The predicted octanol–water partition coefficient (Wildman–Crippen LogP) is 4.60. The van der Waals surface area contributed by atoms with Crippen molar-refractivity contribution in [2.45, 2.75) is 25.3 Å². The summed E-state index contributed by atoms with van der Waals surface area (Å²) in [5.41, 5.74) is 2.11. The molecule has 0 bridgehead atoms. The van der Waals surface area contributed by atoms with Gasteiger partial charge in [-0.25, -0.2) is 0 Å². The van der Waals surface area contributed by atoms with Crippen LogP contribution in [0.5, 0.6) is 0 Å². The van der Waals surface area contributed by atoms with E-state index < -0.39 is 0 Å². The lowest BCUT2D eigenvalue weighted by molar-refractivity contribution is -0.120. The first-order chi connectivity index (χ1) is 9.75. The highest BCUT2D eigenvalue weighted by Gasteiger charge is 2.30. The molecule has 3 heteroatoms. The van der Waals surface area contributed by atoms with Gasteiger partial charge < -0.3 is 4.90 Å². The van der Waals surface area contributed by atoms with Gasteiger partial charge >= 0.3 is 0 Å². The van der Waals surface area contributed by atoms with E-state index in [1.54, 1.807) is 0 Å². The predicted molar refractivity (Wildman–Crippen MR) is 82.0 cm³/mol. The highest BCUT2D eigenvalue weighted by molar-refractivity contribution is 6.30. The van der Waals surface area contributed by atoms with Gasteiger partial charge in [-0.2, -0.15) is 0 Å². The van der Waals surface area contributed by atoms with Gasteiger partial charge in [-0.15, -0.1) is 0 Å². The molecular formula is C17H16ClNO. The van der Waals surface area contributed by atoms with Crippen LogP contribution in [0.15, 0.2) is 54.6 Å². The topological polar surface area (TPSA) is 20.3 Å². The fraction of sp³-hybridized carbons (Fsp3) is 0.235. The molecule has 2 nitrogen and oxygen atoms in total. The number of para-hydroxylation sites is 1. The number of hydrogen-bond acceptors (Lipinski definition) is 1. The summed E-state index contributed by atoms with van der Waals surface area (Å²) >= 11 is 5.95. The second-order valence-electron chi connectivity index (χ2n) is 5.06. The summed E-state index contributed by atoms with van der Waals surface area (Å²) in [4.78, 5) is 14.3. The molecule has 3 rings (SSSR count). The van der Waals surface area contributed by atoms with Crippen molar-refractivity contribution in [3.8, 4) is 0 Å². The van der Waals surface area contributed by atoms with Gasteiger partial charge in [0, 0.05) is 17.1 Å². The second-order valence-corrected chi connectivity index (χ2v) is 5.50. The maximum atomic E-state index is 12.3. The molecule has 2 aromatic rings. The molecular weight excluding hydrogens is 270 g/mol. The molecule has 1 amide bonds. The van der Waals surface area contributed by atoms with Gasteiger partial charge in [-0.1, -0.05) is 41.9 Å². The Morgan fingerprint density at radius 1 is 1.00 bits per heavy atom. The average molecular weight is 286 g/mol. The molecule has 1 saturated heterocycles. The number of rotatable bonds is 2. The van der Waals surface area contributed by atoms with Crippen LogP contribution in [-0.4, -0.2) is 5.91 Å². The SMILES string of the molecule is O=C1CCCC(c2ccc(Cl)cc2)N1c1ccccc1. The summed E-state index contributed by atoms with van der Waals surface area (Å²) in [5, 5.41) is 0.724. The number of halogens is 1. The molecule has 1 aliphatic heterocycles. The Kier molecular flexibility index (Phi) is 3.75. The number of nitrogens with zero attached hydrogens (tertiary/aromatic N) is 1. The van der Waals surface area contributed by atoms with Crippen LogP contribution < -0.4 is 4.90 Å². The average Bonchev–Trinajstić information content (AvgIpc) is 2.49. The molecule has 1 fully saturated rings. The number of anilines is 1. The Bertz CT molecular complexity index is 594. The Hall–Kier alpha value is -1.80. The van der Waals surface area contributed by atoms with Crippen molar-refractivity contribution < 1.29 is 4.79 Å². The van der Waals surface area contributed by atoms with Crippen LogP contribution in [0.3, 0.4) is 0 Å². The van der Waals surface area contributed by atoms with Gasteiger partial charge in [0.15, 0.2) is 0 Å². The Morgan fingerprint density at radius 3 is 2.40 bits per heavy atom. The number of amides is 1. The van der Waals surface area contributed by atoms with E-state index in [1.165, 1.54) is 0 Å². The van der Waals surface area contributed by atoms with Crippen molar-refractivity contribution in [3.05, 3.63) is 65.2 Å². The second kappa shape index (κ2) is 5.68. The van der Waals surface area contributed by atoms with Crippen molar-refractivity contribution >= 4 is 23.2 Å². The molecule has 1 heterocycles. The molecule has 1 unspecified atom stereocenters. The summed E-state index contributed by atoms with van der Waals surface area (Å²) in [6.07, 6.45) is 2.55. The van der Waals surface area contributed by atoms with Gasteiger partial charge in [0.05, 0.1) is 6.04 Å². The summed E-state index contributed by atoms with van der Waals surface area (Å²) in [7, 11) is 0. The van der Waals surface area contributed by atoms with E-state index in [9.17, 15) is 4.79 Å². The van der Waals surface area contributed by atoms with Gasteiger partial charge in [0.2, 0.25) is 5.91 Å². The zero-order chi connectivity index (χ0) is 13.9. The smallest absolute Gasteiger partial charge is 0.227 e. The Morgan fingerprint density at radius 2 is 1.70 bits per heavy atom. The van der Waals surface area contributed by atoms with E-state index >= 15 is 0 Å². The van der Waals surface area contributed by atoms with Gasteiger partial charge in [-0.05, 0) is 42.7 Å². The monoisotopic (exact) mass is 285 g/mol. The van der Waals surface area contributed by atoms with E-state index in [0.29, 0.717) is 6.42 Å². The fourth-order valence-corrected chi connectivity index (χ4v) is 2.91. The highest BCUT2D eigenvalue weighted by atomic mass is 35.5. The first-order valence-electron chi connectivity index (χ1n) is 6.88. The van der Waals surface area contributed by atoms with Crippen molar-refractivity contribution in [1.82, 2.24) is 0 Å². The van der Waals surface area contributed by atoms with Crippen LogP contribution in [0, 0.1) is 0 Å². The van der Waals surface area contributed by atoms with E-state index in [4.69, 9.17) is 11.6 Å². The Labute approximate surface area is 124 Å². The number of piperidine rings is 1. The molecule has 20 heavy (non-hydrogen) atoms. The number of benzene rings is 2. The molecule has 2 aromatic carbocycles. The molecule has 0 aliphatic carbocycles. The van der Waals surface area contributed by atoms with Crippen LogP contribution in [0.25, 0.3) is 0 Å². The lowest BCUT2D eigenvalue weighted by Gasteiger charge is -2.36. The zero-order valence-corrected chi connectivity index (χ0v) is 11.9. The van der Waals surface area contributed by atoms with Crippen LogP contribution in [-0.2, 0) is 4.79 Å². The third-order valence-electron chi connectivity index (χ3n) is 3.74. The molecule has 0 radical (unpaired) electrons. The van der Waals surface area contributed by atoms with E-state index in [0.717, 1.165) is 29.1 Å². The van der Waals surface area contributed by atoms with E-state index in [-0.39, 0.29) is 11.9 Å². The lowest BCUT2D eigenvalue weighted by atomic mass is 9.94. The zero-order valence-electron chi connectivity index (χ0n) is 11.1. The maximum Gasteiger partial charge on any atom is 0.227 e. The van der Waals surface area contributed by atoms with E-state index in [2.05, 4.69) is 0 Å². The third kappa shape index (κ3) is 2.56. The molecule has 0 aromatic heterocycles. The summed E-state index contributed by atoms with van der Waals surface area (Å²) in [6, 6.07) is 17.8. The summed E-state index contributed by atoms with van der Waals surface area (Å²) in [6.45, 7) is 0. The van der Waals surface area contributed by atoms with Crippen molar-refractivity contribution in [2.75, 3.05) is 4.90 Å². The van der Waals surface area contributed by atoms with Crippen molar-refractivity contribution in [1.29, 1.82) is 0 Å². The largest absolute Gasteiger partial charge is 0.305 e. The summed E-state index contributed by atoms with van der Waals surface area (Å²) < 4.78 is 0. The van der Waals surface area contributed by atoms with E-state index in [1.807, 2.05) is 59.5 Å². The summed E-state index contributed by atoms with van der Waals surface area (Å²) in [5.74, 6) is 0.197. The minimum Gasteiger partial charge on any atom is -0.305 e. The fourth-order valence-electron chi connectivity index (χ4n) is 2.78. The number of carbonyl (C=O) groups excluding carboxylic acids is 1. The normalized spacial score (nSPS) is 19.1. The quantitative estimate of drug-likeness (QED) is 0.790. The van der Waals surface area contributed by atoms with Crippen LogP contribution in [0.1, 0.15) is 30.9 Å². The minimum atomic E-state index is 0.107. The van der Waals surface area contributed by atoms with Crippen molar-refractivity contribution in [3.63, 3.8) is 0 Å².